The minimum absolute atomic E-state index is 0.191. The molecule has 0 aliphatic carbocycles. The van der Waals surface area contributed by atoms with E-state index >= 15 is 0 Å². The maximum Gasteiger partial charge on any atom is 0.274 e. The monoisotopic (exact) mass is 542 g/mol. The van der Waals surface area contributed by atoms with Crippen molar-refractivity contribution in [3.05, 3.63) is 71.8 Å². The predicted molar refractivity (Wildman–Crippen MR) is 162 cm³/mol. The highest BCUT2D eigenvalue weighted by Crippen LogP contribution is 2.25. The number of rotatable bonds is 14. The summed E-state index contributed by atoms with van der Waals surface area (Å²) in [4.78, 5) is 24.3. The fourth-order valence-electron chi connectivity index (χ4n) is 4.88. The van der Waals surface area contributed by atoms with Crippen LogP contribution in [0.15, 0.2) is 55.0 Å². The molecule has 0 atom stereocenters. The van der Waals surface area contributed by atoms with Gasteiger partial charge in [-0.25, -0.2) is 0 Å². The first-order valence-corrected chi connectivity index (χ1v) is 14.5. The highest BCUT2D eigenvalue weighted by molar-refractivity contribution is 6.48. The van der Waals surface area contributed by atoms with Gasteiger partial charge in [0.05, 0.1) is 11.9 Å². The third-order valence-electron chi connectivity index (χ3n) is 7.23. The van der Waals surface area contributed by atoms with Crippen LogP contribution in [0.4, 0.5) is 11.4 Å². The molecule has 0 bridgehead atoms. The third kappa shape index (κ3) is 8.69. The van der Waals surface area contributed by atoms with E-state index in [2.05, 4.69) is 33.2 Å². The maximum absolute atomic E-state index is 12.9. The molecule has 0 unspecified atom stereocenters. The Balaban J connectivity index is 1.33. The molecule has 1 fully saturated rings. The van der Waals surface area contributed by atoms with E-state index in [0.717, 1.165) is 87.3 Å². The summed E-state index contributed by atoms with van der Waals surface area (Å²) in [5, 5.41) is 11.4. The first kappa shape index (κ1) is 29.4. The second-order valence-corrected chi connectivity index (χ2v) is 10.5. The van der Waals surface area contributed by atoms with Crippen LogP contribution < -0.4 is 11.1 Å². The number of pyridine rings is 2. The van der Waals surface area contributed by atoms with E-state index < -0.39 is 5.91 Å². The Morgan fingerprint density at radius 3 is 2.60 bits per heavy atom. The normalized spacial score (nSPS) is 13.7. The molecule has 1 aliphatic heterocycles. The average Bonchev–Trinajstić information content (AvgIpc) is 2.98. The summed E-state index contributed by atoms with van der Waals surface area (Å²) >= 11 is 0. The second-order valence-electron chi connectivity index (χ2n) is 10.5. The van der Waals surface area contributed by atoms with Crippen LogP contribution in [-0.2, 0) is 22.5 Å². The molecule has 4 rings (SSSR count). The Hall–Kier alpha value is -3.62. The van der Waals surface area contributed by atoms with Crippen molar-refractivity contribution < 1.29 is 9.53 Å². The smallest absolute Gasteiger partial charge is 0.274 e. The predicted octanol–water partition coefficient (Wildman–Crippen LogP) is 5.86. The molecule has 40 heavy (non-hydrogen) atoms. The SMILES string of the molecule is CCCCOCCCCc1ccc(NC(=O)C(=N)c2cc(-c3cncc(CN4CCCCC4)c3)ccc2N)cn1. The number of carbonyl (C=O) groups excluding carboxylic acids is 1. The van der Waals surface area contributed by atoms with Crippen LogP contribution in [0.1, 0.15) is 68.7 Å². The highest BCUT2D eigenvalue weighted by atomic mass is 16.5. The summed E-state index contributed by atoms with van der Waals surface area (Å²) in [7, 11) is 0. The van der Waals surface area contributed by atoms with E-state index in [4.69, 9.17) is 15.9 Å². The number of carbonyl (C=O) groups is 1. The van der Waals surface area contributed by atoms with Gasteiger partial charge in [0.25, 0.3) is 5.91 Å². The Bertz CT molecular complexity index is 1250. The molecule has 0 saturated carbocycles. The van der Waals surface area contributed by atoms with Crippen LogP contribution in [0.25, 0.3) is 11.1 Å². The summed E-state index contributed by atoms with van der Waals surface area (Å²) in [6, 6.07) is 11.3. The average molecular weight is 543 g/mol. The van der Waals surface area contributed by atoms with Gasteiger partial charge in [0, 0.05) is 54.7 Å². The van der Waals surface area contributed by atoms with Crippen molar-refractivity contribution >= 4 is 23.0 Å². The number of nitrogens with two attached hydrogens (primary N) is 1. The number of benzene rings is 1. The summed E-state index contributed by atoms with van der Waals surface area (Å²) in [6.45, 7) is 6.89. The summed E-state index contributed by atoms with van der Waals surface area (Å²) < 4.78 is 5.61. The van der Waals surface area contributed by atoms with Gasteiger partial charge >= 0.3 is 0 Å². The number of nitrogen functional groups attached to an aromatic ring is 1. The lowest BCUT2D eigenvalue weighted by Crippen LogP contribution is -2.29. The van der Waals surface area contributed by atoms with Gasteiger partial charge in [-0.05, 0) is 93.1 Å². The van der Waals surface area contributed by atoms with E-state index in [-0.39, 0.29) is 5.71 Å². The molecule has 4 N–H and O–H groups in total. The number of anilines is 2. The summed E-state index contributed by atoms with van der Waals surface area (Å²) in [5.74, 6) is -0.528. The number of aromatic nitrogens is 2. The van der Waals surface area contributed by atoms with Gasteiger partial charge in [-0.3, -0.25) is 25.1 Å². The van der Waals surface area contributed by atoms with Crippen molar-refractivity contribution in [3.63, 3.8) is 0 Å². The molecule has 3 heterocycles. The number of likely N-dealkylation sites (tertiary alicyclic amines) is 1. The number of nitrogens with one attached hydrogen (secondary N) is 2. The Labute approximate surface area is 237 Å². The largest absolute Gasteiger partial charge is 0.398 e. The fraction of sp³-hybridized carbons (Fsp3) is 0.438. The maximum atomic E-state index is 12.9. The molecule has 212 valence electrons. The second kappa shape index (κ2) is 15.2. The fourth-order valence-corrected chi connectivity index (χ4v) is 4.88. The minimum Gasteiger partial charge on any atom is -0.398 e. The number of nitrogens with zero attached hydrogens (tertiary/aromatic N) is 3. The van der Waals surface area contributed by atoms with Gasteiger partial charge in [-0.1, -0.05) is 25.8 Å². The molecule has 1 saturated heterocycles. The minimum atomic E-state index is -0.528. The Morgan fingerprint density at radius 2 is 1.82 bits per heavy atom. The Kier molecular flexibility index (Phi) is 11.2. The lowest BCUT2D eigenvalue weighted by atomic mass is 9.99. The molecule has 8 nitrogen and oxygen atoms in total. The summed E-state index contributed by atoms with van der Waals surface area (Å²) in [5.41, 5.74) is 11.3. The molecular formula is C32H42N6O2. The first-order valence-electron chi connectivity index (χ1n) is 14.5. The molecule has 1 aliphatic rings. The number of amides is 1. The molecular weight excluding hydrogens is 500 g/mol. The number of hydrogen-bond donors (Lipinski definition) is 3. The first-order chi connectivity index (χ1) is 19.5. The number of hydrogen-bond acceptors (Lipinski definition) is 7. The van der Waals surface area contributed by atoms with E-state index in [1.54, 1.807) is 18.3 Å². The third-order valence-corrected chi connectivity index (χ3v) is 7.23. The number of unbranched alkanes of at least 4 members (excludes halogenated alkanes) is 2. The van der Waals surface area contributed by atoms with Crippen LogP contribution in [0.5, 0.6) is 0 Å². The Morgan fingerprint density at radius 1 is 1.00 bits per heavy atom. The van der Waals surface area contributed by atoms with Crippen LogP contribution in [-0.4, -0.2) is 52.8 Å². The molecule has 3 aromatic rings. The van der Waals surface area contributed by atoms with Crippen molar-refractivity contribution in [1.82, 2.24) is 14.9 Å². The highest BCUT2D eigenvalue weighted by Gasteiger charge is 2.17. The zero-order chi connectivity index (χ0) is 28.2. The van der Waals surface area contributed by atoms with Crippen LogP contribution in [0.3, 0.4) is 0 Å². The van der Waals surface area contributed by atoms with Gasteiger partial charge < -0.3 is 15.8 Å². The van der Waals surface area contributed by atoms with Crippen molar-refractivity contribution in [2.24, 2.45) is 0 Å². The quantitative estimate of drug-likeness (QED) is 0.133. The van der Waals surface area contributed by atoms with Crippen LogP contribution >= 0.6 is 0 Å². The number of piperidine rings is 1. The van der Waals surface area contributed by atoms with Gasteiger partial charge in [0.1, 0.15) is 5.71 Å². The van der Waals surface area contributed by atoms with E-state index in [9.17, 15) is 4.79 Å². The van der Waals surface area contributed by atoms with E-state index in [1.807, 2.05) is 30.6 Å². The van der Waals surface area contributed by atoms with Crippen molar-refractivity contribution in [3.8, 4) is 11.1 Å². The zero-order valence-electron chi connectivity index (χ0n) is 23.6. The van der Waals surface area contributed by atoms with Crippen LogP contribution in [0.2, 0.25) is 0 Å². The molecule has 0 radical (unpaired) electrons. The zero-order valence-corrected chi connectivity index (χ0v) is 23.6. The number of aryl methyl sites for hydroxylation is 1. The van der Waals surface area contributed by atoms with Gasteiger partial charge in [-0.2, -0.15) is 0 Å². The summed E-state index contributed by atoms with van der Waals surface area (Å²) in [6.07, 6.45) is 14.3. The van der Waals surface area contributed by atoms with Crippen LogP contribution in [0, 0.1) is 5.41 Å². The van der Waals surface area contributed by atoms with Crippen molar-refractivity contribution in [1.29, 1.82) is 5.41 Å². The van der Waals surface area contributed by atoms with Crippen molar-refractivity contribution in [2.75, 3.05) is 37.4 Å². The molecule has 1 amide bonds. The lowest BCUT2D eigenvalue weighted by molar-refractivity contribution is -0.110. The molecule has 0 spiro atoms. The van der Waals surface area contributed by atoms with Gasteiger partial charge in [-0.15, -0.1) is 0 Å². The lowest BCUT2D eigenvalue weighted by Gasteiger charge is -2.26. The van der Waals surface area contributed by atoms with Gasteiger partial charge in [0.15, 0.2) is 0 Å². The van der Waals surface area contributed by atoms with E-state index in [0.29, 0.717) is 16.9 Å². The topological polar surface area (TPSA) is 117 Å². The molecule has 2 aromatic heterocycles. The van der Waals surface area contributed by atoms with Gasteiger partial charge in [0.2, 0.25) is 0 Å². The molecule has 8 heteroatoms. The molecule has 1 aromatic carbocycles. The standard InChI is InChI=1S/C32H42N6O2/c1-2-3-16-40-17-8-5-9-27-11-12-28(22-36-27)37-32(39)31(34)29-19-25(10-13-30(29)33)26-18-24(20-35-21-26)23-38-14-6-4-7-15-38/h10-13,18-22,34H,2-9,14-17,23,33H2,1H3,(H,37,39). The van der Waals surface area contributed by atoms with Crippen molar-refractivity contribution in [2.45, 2.75) is 64.8 Å². The van der Waals surface area contributed by atoms with E-state index in [1.165, 1.54) is 19.3 Å². The number of ether oxygens (including phenoxy) is 1.